The Balaban J connectivity index is 1.75. The Hall–Kier alpha value is -2.21. The minimum Gasteiger partial charge on any atom is -0.481 e. The maximum Gasteiger partial charge on any atom is 0.306 e. The Morgan fingerprint density at radius 1 is 1.16 bits per heavy atom. The van der Waals surface area contributed by atoms with Crippen LogP contribution >= 0.6 is 11.3 Å². The van der Waals surface area contributed by atoms with Crippen molar-refractivity contribution in [1.82, 2.24) is 9.88 Å². The molecule has 0 unspecified atom stereocenters. The number of aryl methyl sites for hydroxylation is 1. The molecule has 2 aromatic heterocycles. The van der Waals surface area contributed by atoms with E-state index in [4.69, 9.17) is 0 Å². The second kappa shape index (κ2) is 7.78. The fourth-order valence-corrected chi connectivity index (χ4v) is 4.27. The summed E-state index contributed by atoms with van der Waals surface area (Å²) in [7, 11) is 0. The van der Waals surface area contributed by atoms with Gasteiger partial charge in [-0.05, 0) is 56.0 Å². The molecule has 2 heterocycles. The molecule has 1 amide bonds. The fourth-order valence-electron chi connectivity index (χ4n) is 3.37. The smallest absolute Gasteiger partial charge is 0.306 e. The average Bonchev–Trinajstić information content (AvgIpc) is 3.24. The minimum absolute atomic E-state index is 0.0617. The third-order valence-electron chi connectivity index (χ3n) is 4.71. The summed E-state index contributed by atoms with van der Waals surface area (Å²) in [5, 5.41) is 9.19. The second-order valence-electron chi connectivity index (χ2n) is 6.61. The molecule has 0 spiro atoms. The van der Waals surface area contributed by atoms with E-state index in [-0.39, 0.29) is 17.7 Å². The number of thiophene rings is 1. The Morgan fingerprint density at radius 3 is 2.48 bits per heavy atom. The van der Waals surface area contributed by atoms with Crippen LogP contribution < -0.4 is 0 Å². The number of hydrogen-bond donors (Lipinski definition) is 1. The molecule has 0 saturated heterocycles. The first-order valence-electron chi connectivity index (χ1n) is 8.48. The quantitative estimate of drug-likeness (QED) is 0.858. The summed E-state index contributed by atoms with van der Waals surface area (Å²) in [6.45, 7) is 3.14. The predicted octanol–water partition coefficient (Wildman–Crippen LogP) is 3.48. The van der Waals surface area contributed by atoms with Gasteiger partial charge in [-0.3, -0.25) is 14.6 Å². The number of amides is 1. The average molecular weight is 358 g/mol. The molecular weight excluding hydrogens is 336 g/mol. The Kier molecular flexibility index (Phi) is 5.48. The molecule has 0 aromatic carbocycles. The lowest BCUT2D eigenvalue weighted by atomic mass is 10.0. The molecule has 132 valence electrons. The lowest BCUT2D eigenvalue weighted by Crippen LogP contribution is -2.34. The first-order valence-corrected chi connectivity index (χ1v) is 9.30. The summed E-state index contributed by atoms with van der Waals surface area (Å²) >= 11 is 1.69. The highest BCUT2D eigenvalue weighted by Crippen LogP contribution is 2.33. The van der Waals surface area contributed by atoms with E-state index in [2.05, 4.69) is 24.0 Å². The first-order chi connectivity index (χ1) is 12.0. The molecule has 5 nitrogen and oxygen atoms in total. The van der Waals surface area contributed by atoms with E-state index in [1.165, 1.54) is 4.88 Å². The van der Waals surface area contributed by atoms with E-state index in [1.807, 2.05) is 17.0 Å². The molecule has 1 aliphatic carbocycles. The molecule has 2 aromatic rings. The third kappa shape index (κ3) is 4.45. The van der Waals surface area contributed by atoms with Crippen molar-refractivity contribution >= 4 is 23.2 Å². The van der Waals surface area contributed by atoms with Crippen LogP contribution in [0.25, 0.3) is 0 Å². The summed E-state index contributed by atoms with van der Waals surface area (Å²) in [6.07, 6.45) is 5.15. The van der Waals surface area contributed by atoms with Gasteiger partial charge in [-0.2, -0.15) is 0 Å². The predicted molar refractivity (Wildman–Crippen MR) is 96.0 cm³/mol. The normalized spacial score (nSPS) is 19.7. The van der Waals surface area contributed by atoms with Crippen LogP contribution in [0.1, 0.15) is 34.6 Å². The highest BCUT2D eigenvalue weighted by atomic mass is 32.1. The number of aromatic nitrogens is 1. The van der Waals surface area contributed by atoms with Crippen LogP contribution in [-0.2, 0) is 22.7 Å². The zero-order chi connectivity index (χ0) is 17.8. The number of carbonyl (C=O) groups excluding carboxylic acids is 1. The molecule has 0 bridgehead atoms. The maximum atomic E-state index is 13.1. The first kappa shape index (κ1) is 17.6. The largest absolute Gasteiger partial charge is 0.481 e. The fraction of sp³-hybridized carbons (Fsp3) is 0.421. The number of carboxylic acids is 1. The molecule has 0 radical (unpaired) electrons. The van der Waals surface area contributed by atoms with E-state index < -0.39 is 5.97 Å². The zero-order valence-corrected chi connectivity index (χ0v) is 15.0. The molecule has 3 rings (SSSR count). The summed E-state index contributed by atoms with van der Waals surface area (Å²) in [6, 6.07) is 7.94. The summed E-state index contributed by atoms with van der Waals surface area (Å²) in [4.78, 5) is 32.5. The van der Waals surface area contributed by atoms with Gasteiger partial charge in [0.1, 0.15) is 0 Å². The van der Waals surface area contributed by atoms with Crippen molar-refractivity contribution in [3.8, 4) is 0 Å². The molecular formula is C19H22N2O3S. The maximum absolute atomic E-state index is 13.1. The summed E-state index contributed by atoms with van der Waals surface area (Å²) in [5.74, 6) is -1.30. The van der Waals surface area contributed by atoms with Gasteiger partial charge in [-0.1, -0.05) is 0 Å². The summed E-state index contributed by atoms with van der Waals surface area (Å²) in [5.41, 5.74) is 1.03. The number of pyridine rings is 1. The van der Waals surface area contributed by atoms with Crippen LogP contribution in [0.2, 0.25) is 0 Å². The minimum atomic E-state index is -0.787. The van der Waals surface area contributed by atoms with Crippen LogP contribution in [0.3, 0.4) is 0 Å². The van der Waals surface area contributed by atoms with Gasteiger partial charge < -0.3 is 10.0 Å². The molecule has 1 saturated carbocycles. The van der Waals surface area contributed by atoms with Crippen LogP contribution in [-0.4, -0.2) is 26.9 Å². The molecule has 2 atom stereocenters. The van der Waals surface area contributed by atoms with Crippen molar-refractivity contribution in [3.63, 3.8) is 0 Å². The van der Waals surface area contributed by atoms with Gasteiger partial charge in [-0.15, -0.1) is 11.3 Å². The number of hydrogen-bond acceptors (Lipinski definition) is 4. The summed E-state index contributed by atoms with van der Waals surface area (Å²) < 4.78 is 0. The van der Waals surface area contributed by atoms with Gasteiger partial charge in [0.25, 0.3) is 0 Å². The second-order valence-corrected chi connectivity index (χ2v) is 7.98. The Morgan fingerprint density at radius 2 is 1.88 bits per heavy atom. The van der Waals surface area contributed by atoms with Crippen LogP contribution in [0.15, 0.2) is 36.7 Å². The van der Waals surface area contributed by atoms with Gasteiger partial charge in [0.05, 0.1) is 12.5 Å². The number of nitrogens with zero attached hydrogens (tertiary/aromatic N) is 2. The molecule has 25 heavy (non-hydrogen) atoms. The number of carbonyl (C=O) groups is 2. The Bertz CT molecular complexity index is 744. The highest BCUT2D eigenvalue weighted by Gasteiger charge is 2.36. The topological polar surface area (TPSA) is 70.5 Å². The molecule has 0 aliphatic heterocycles. The highest BCUT2D eigenvalue weighted by molar-refractivity contribution is 7.11. The lowest BCUT2D eigenvalue weighted by molar-refractivity contribution is -0.141. The molecule has 1 N–H and O–H groups in total. The van der Waals surface area contributed by atoms with Crippen molar-refractivity contribution in [2.45, 2.75) is 39.3 Å². The van der Waals surface area contributed by atoms with E-state index >= 15 is 0 Å². The van der Waals surface area contributed by atoms with Crippen molar-refractivity contribution in [3.05, 3.63) is 52.0 Å². The van der Waals surface area contributed by atoms with Crippen LogP contribution in [0.5, 0.6) is 0 Å². The molecule has 1 aliphatic rings. The molecule has 6 heteroatoms. The number of aliphatic carboxylic acids is 1. The van der Waals surface area contributed by atoms with Crippen LogP contribution in [0.4, 0.5) is 0 Å². The standard InChI is InChI=1S/C19H22N2O3S/c1-13-2-5-17(25-13)12-21(11-14-6-8-20-9-7-14)18(22)15-3-4-16(10-15)19(23)24/h2,5-9,15-16H,3-4,10-12H2,1H3,(H,23,24)/t15-,16+/m0/s1. The van der Waals surface area contributed by atoms with E-state index in [0.717, 1.165) is 10.4 Å². The number of carboxylic acid groups (broad SMARTS) is 1. The van der Waals surface area contributed by atoms with Gasteiger partial charge in [0.2, 0.25) is 5.91 Å². The monoisotopic (exact) mass is 358 g/mol. The molecule has 1 fully saturated rings. The van der Waals surface area contributed by atoms with E-state index in [0.29, 0.717) is 32.4 Å². The van der Waals surface area contributed by atoms with Gasteiger partial charge >= 0.3 is 5.97 Å². The number of rotatable bonds is 6. The van der Waals surface area contributed by atoms with Crippen molar-refractivity contribution < 1.29 is 14.7 Å². The van der Waals surface area contributed by atoms with Gasteiger partial charge in [0, 0.05) is 34.6 Å². The van der Waals surface area contributed by atoms with Crippen LogP contribution in [0, 0.1) is 18.8 Å². The SMILES string of the molecule is Cc1ccc(CN(Cc2ccncc2)C(=O)[C@H]2CC[C@@H](C(=O)O)C2)s1. The van der Waals surface area contributed by atoms with Crippen molar-refractivity contribution in [2.75, 3.05) is 0 Å². The third-order valence-corrected chi connectivity index (χ3v) is 5.69. The lowest BCUT2D eigenvalue weighted by Gasteiger charge is -2.25. The Labute approximate surface area is 151 Å². The van der Waals surface area contributed by atoms with Gasteiger partial charge in [0.15, 0.2) is 0 Å². The van der Waals surface area contributed by atoms with E-state index in [1.54, 1.807) is 23.7 Å². The van der Waals surface area contributed by atoms with Gasteiger partial charge in [-0.25, -0.2) is 0 Å². The zero-order valence-electron chi connectivity index (χ0n) is 14.2. The van der Waals surface area contributed by atoms with Crippen molar-refractivity contribution in [2.24, 2.45) is 11.8 Å². The van der Waals surface area contributed by atoms with Crippen molar-refractivity contribution in [1.29, 1.82) is 0 Å². The van der Waals surface area contributed by atoms with E-state index in [9.17, 15) is 14.7 Å².